The van der Waals surface area contributed by atoms with E-state index < -0.39 is 17.4 Å². The summed E-state index contributed by atoms with van der Waals surface area (Å²) in [5, 5.41) is 2.16. The lowest BCUT2D eigenvalue weighted by atomic mass is 10.1. The maximum absolute atomic E-state index is 12.5. The third kappa shape index (κ3) is 2.94. The van der Waals surface area contributed by atoms with Crippen molar-refractivity contribution in [1.29, 1.82) is 0 Å². The molecular formula is C18H20N4O3. The molecule has 7 nitrogen and oxygen atoms in total. The topological polar surface area (TPSA) is 97.4 Å². The van der Waals surface area contributed by atoms with Gasteiger partial charge >= 0.3 is 0 Å². The summed E-state index contributed by atoms with van der Waals surface area (Å²) in [6.07, 6.45) is 0. The number of pyridine rings is 1. The van der Waals surface area contributed by atoms with Crippen molar-refractivity contribution in [1.82, 2.24) is 14.8 Å². The van der Waals surface area contributed by atoms with Crippen LogP contribution >= 0.6 is 0 Å². The minimum atomic E-state index is -0.591. The molecule has 2 heterocycles. The normalized spacial score (nSPS) is 13.2. The Labute approximate surface area is 145 Å². The zero-order valence-electron chi connectivity index (χ0n) is 14.2. The van der Waals surface area contributed by atoms with Crippen LogP contribution in [0.4, 0.5) is 5.82 Å². The second-order valence-electron chi connectivity index (χ2n) is 5.91. The number of fused-ring (bicyclic) bond motifs is 1. The van der Waals surface area contributed by atoms with Gasteiger partial charge in [-0.25, -0.2) is 0 Å². The number of nitrogens with zero attached hydrogens (tertiary/aromatic N) is 2. The van der Waals surface area contributed by atoms with E-state index in [2.05, 4.69) is 24.1 Å². The van der Waals surface area contributed by atoms with Gasteiger partial charge in [-0.3, -0.25) is 29.2 Å². The second-order valence-corrected chi connectivity index (χ2v) is 5.91. The zero-order valence-corrected chi connectivity index (χ0v) is 14.2. The van der Waals surface area contributed by atoms with Gasteiger partial charge in [-0.2, -0.15) is 0 Å². The first-order chi connectivity index (χ1) is 12.0. The van der Waals surface area contributed by atoms with E-state index >= 15 is 0 Å². The second kappa shape index (κ2) is 6.52. The lowest BCUT2D eigenvalue weighted by Crippen LogP contribution is -2.25. The number of rotatable bonds is 5. The molecule has 0 fully saturated rings. The summed E-state index contributed by atoms with van der Waals surface area (Å²) in [6.45, 7) is 6.77. The van der Waals surface area contributed by atoms with E-state index in [1.807, 2.05) is 18.2 Å². The molecule has 0 spiro atoms. The molecule has 1 aromatic carbocycles. The number of anilines is 1. The first kappa shape index (κ1) is 16.9. The fraction of sp³-hybridized carbons (Fsp3) is 0.278. The lowest BCUT2D eigenvalue weighted by molar-refractivity contribution is 0.0880. The zero-order chi connectivity index (χ0) is 18.1. The van der Waals surface area contributed by atoms with E-state index in [0.717, 1.165) is 31.3 Å². The summed E-state index contributed by atoms with van der Waals surface area (Å²) in [5.41, 5.74) is 7.31. The van der Waals surface area contributed by atoms with Gasteiger partial charge < -0.3 is 5.73 Å². The average molecular weight is 340 g/mol. The van der Waals surface area contributed by atoms with Gasteiger partial charge in [0, 0.05) is 12.6 Å². The van der Waals surface area contributed by atoms with Crippen LogP contribution in [0.2, 0.25) is 0 Å². The maximum Gasteiger partial charge on any atom is 0.262 e. The third-order valence-corrected chi connectivity index (χ3v) is 4.42. The monoisotopic (exact) mass is 340 g/mol. The van der Waals surface area contributed by atoms with Crippen LogP contribution in [-0.4, -0.2) is 34.4 Å². The first-order valence-electron chi connectivity index (χ1n) is 8.19. The number of hydrogen-bond donors (Lipinski definition) is 2. The lowest BCUT2D eigenvalue weighted by Gasteiger charge is -2.19. The quantitative estimate of drug-likeness (QED) is 0.796. The maximum atomic E-state index is 12.5. The Morgan fingerprint density at radius 3 is 2.48 bits per heavy atom. The Balaban J connectivity index is 2.09. The smallest absolute Gasteiger partial charge is 0.262 e. The molecule has 2 amide bonds. The first-order valence-corrected chi connectivity index (χ1v) is 8.19. The summed E-state index contributed by atoms with van der Waals surface area (Å²) < 4.78 is 1.27. The number of carbonyl (C=O) groups is 2. The van der Waals surface area contributed by atoms with Crippen LogP contribution in [0.25, 0.3) is 5.69 Å². The number of hydrogen-bond acceptors (Lipinski definition) is 5. The number of nitrogens with one attached hydrogen (secondary N) is 1. The number of nitrogen functional groups attached to an aromatic ring is 1. The number of nitrogens with two attached hydrogens (primary N) is 1. The van der Waals surface area contributed by atoms with Crippen molar-refractivity contribution in [2.75, 3.05) is 18.8 Å². The largest absolute Gasteiger partial charge is 0.384 e. The van der Waals surface area contributed by atoms with Crippen LogP contribution in [0.5, 0.6) is 0 Å². The van der Waals surface area contributed by atoms with Crippen LogP contribution in [0, 0.1) is 0 Å². The van der Waals surface area contributed by atoms with E-state index in [9.17, 15) is 14.4 Å². The van der Waals surface area contributed by atoms with Crippen molar-refractivity contribution < 1.29 is 9.59 Å². The van der Waals surface area contributed by atoms with Gasteiger partial charge in [-0.1, -0.05) is 26.0 Å². The molecule has 0 saturated heterocycles. The molecular weight excluding hydrogens is 320 g/mol. The SMILES string of the molecule is CCN(CC)Cc1cccc(-n2c(N)c3c(cc2=O)C(=O)NC3=O)c1. The highest BCUT2D eigenvalue weighted by atomic mass is 16.2. The Bertz CT molecular complexity index is 913. The molecule has 1 aliphatic heterocycles. The molecule has 0 aliphatic carbocycles. The third-order valence-electron chi connectivity index (χ3n) is 4.42. The summed E-state index contributed by atoms with van der Waals surface area (Å²) in [7, 11) is 0. The van der Waals surface area contributed by atoms with Crippen molar-refractivity contribution in [3.05, 3.63) is 57.4 Å². The van der Waals surface area contributed by atoms with Crippen LogP contribution < -0.4 is 16.6 Å². The summed E-state index contributed by atoms with van der Waals surface area (Å²) in [4.78, 5) is 38.4. The Morgan fingerprint density at radius 1 is 1.08 bits per heavy atom. The highest BCUT2D eigenvalue weighted by Crippen LogP contribution is 2.23. The van der Waals surface area contributed by atoms with Crippen molar-refractivity contribution >= 4 is 17.6 Å². The predicted octanol–water partition coefficient (Wildman–Crippen LogP) is 1.15. The molecule has 0 bridgehead atoms. The minimum absolute atomic E-state index is 0.0224. The number of benzene rings is 1. The highest BCUT2D eigenvalue weighted by molar-refractivity contribution is 6.23. The van der Waals surface area contributed by atoms with Gasteiger partial charge in [0.25, 0.3) is 17.4 Å². The van der Waals surface area contributed by atoms with Gasteiger partial charge in [0.2, 0.25) is 0 Å². The number of aromatic nitrogens is 1. The van der Waals surface area contributed by atoms with Gasteiger partial charge in [0.15, 0.2) is 0 Å². The summed E-state index contributed by atoms with van der Waals surface area (Å²) in [6, 6.07) is 8.61. The van der Waals surface area contributed by atoms with Crippen molar-refractivity contribution in [2.45, 2.75) is 20.4 Å². The van der Waals surface area contributed by atoms with E-state index in [1.54, 1.807) is 6.07 Å². The fourth-order valence-corrected chi connectivity index (χ4v) is 3.04. The van der Waals surface area contributed by atoms with E-state index in [1.165, 1.54) is 4.57 Å². The van der Waals surface area contributed by atoms with E-state index in [-0.39, 0.29) is 16.9 Å². The van der Waals surface area contributed by atoms with Gasteiger partial charge in [-0.15, -0.1) is 0 Å². The molecule has 0 saturated carbocycles. The minimum Gasteiger partial charge on any atom is -0.384 e. The van der Waals surface area contributed by atoms with Crippen molar-refractivity contribution in [2.24, 2.45) is 0 Å². The summed E-state index contributed by atoms with van der Waals surface area (Å²) in [5.74, 6) is -1.19. The molecule has 130 valence electrons. The Morgan fingerprint density at radius 2 is 1.80 bits per heavy atom. The Kier molecular flexibility index (Phi) is 4.41. The molecule has 3 rings (SSSR count). The van der Waals surface area contributed by atoms with Gasteiger partial charge in [0.05, 0.1) is 16.8 Å². The van der Waals surface area contributed by atoms with Crippen LogP contribution in [0.3, 0.4) is 0 Å². The van der Waals surface area contributed by atoms with E-state index in [0.29, 0.717) is 5.69 Å². The van der Waals surface area contributed by atoms with Crippen molar-refractivity contribution in [3.63, 3.8) is 0 Å². The molecule has 1 aliphatic rings. The van der Waals surface area contributed by atoms with E-state index in [4.69, 9.17) is 5.73 Å². The van der Waals surface area contributed by atoms with Gasteiger partial charge in [0.1, 0.15) is 5.82 Å². The highest BCUT2D eigenvalue weighted by Gasteiger charge is 2.31. The number of imide groups is 1. The van der Waals surface area contributed by atoms with Gasteiger partial charge in [-0.05, 0) is 30.8 Å². The number of carbonyl (C=O) groups excluding carboxylic acids is 2. The molecule has 2 aromatic rings. The average Bonchev–Trinajstić information content (AvgIpc) is 2.87. The summed E-state index contributed by atoms with van der Waals surface area (Å²) >= 11 is 0. The predicted molar refractivity (Wildman–Crippen MR) is 94.9 cm³/mol. The molecule has 1 aromatic heterocycles. The Hall–Kier alpha value is -2.93. The van der Waals surface area contributed by atoms with Crippen LogP contribution in [-0.2, 0) is 6.54 Å². The molecule has 25 heavy (non-hydrogen) atoms. The van der Waals surface area contributed by atoms with Crippen LogP contribution in [0.15, 0.2) is 35.1 Å². The molecule has 0 atom stereocenters. The standard InChI is InChI=1S/C18H20N4O3/c1-3-21(4-2)10-11-6-5-7-12(8-11)22-14(23)9-13-15(16(22)19)18(25)20-17(13)24/h5-9H,3-4,10,19H2,1-2H3,(H,20,24,25). The van der Waals surface area contributed by atoms with Crippen LogP contribution in [0.1, 0.15) is 40.1 Å². The molecule has 0 radical (unpaired) electrons. The molecule has 7 heteroatoms. The van der Waals surface area contributed by atoms with Crippen molar-refractivity contribution in [3.8, 4) is 5.69 Å². The molecule has 0 unspecified atom stereocenters. The number of amides is 2. The molecule has 3 N–H and O–H groups in total. The fourth-order valence-electron chi connectivity index (χ4n) is 3.04.